The number of carbonyl (C=O) groups is 2. The summed E-state index contributed by atoms with van der Waals surface area (Å²) in [5.74, 6) is 0.540. The third-order valence-corrected chi connectivity index (χ3v) is 4.34. The van der Waals surface area contributed by atoms with Gasteiger partial charge in [-0.3, -0.25) is 9.59 Å². The Kier molecular flexibility index (Phi) is 4.80. The van der Waals surface area contributed by atoms with Crippen molar-refractivity contribution in [3.05, 3.63) is 0 Å². The summed E-state index contributed by atoms with van der Waals surface area (Å²) in [6.45, 7) is 6.44. The first-order valence-electron chi connectivity index (χ1n) is 7.43. The number of rotatable bonds is 3. The second kappa shape index (κ2) is 6.37. The first-order valence-corrected chi connectivity index (χ1v) is 7.43. The number of carbonyl (C=O) groups excluding carboxylic acids is 2. The normalized spacial score (nSPS) is 28.4. The minimum atomic E-state index is 0.110. The Morgan fingerprint density at radius 3 is 2.47 bits per heavy atom. The van der Waals surface area contributed by atoms with Gasteiger partial charge in [-0.15, -0.1) is 0 Å². The van der Waals surface area contributed by atoms with E-state index < -0.39 is 0 Å². The van der Waals surface area contributed by atoms with Crippen LogP contribution in [0.1, 0.15) is 39.5 Å². The molecule has 0 bridgehead atoms. The number of likely N-dealkylation sites (tertiary alicyclic amines) is 1. The molecule has 2 atom stereocenters. The number of hydrogen-bond donors (Lipinski definition) is 2. The average molecular weight is 267 g/mol. The molecule has 2 aliphatic heterocycles. The van der Waals surface area contributed by atoms with E-state index in [1.807, 2.05) is 11.8 Å². The molecular formula is C14H25N3O2. The van der Waals surface area contributed by atoms with Gasteiger partial charge in [0.1, 0.15) is 0 Å². The smallest absolute Gasteiger partial charge is 0.227 e. The molecule has 5 heteroatoms. The predicted molar refractivity (Wildman–Crippen MR) is 73.6 cm³/mol. The van der Waals surface area contributed by atoms with E-state index in [1.165, 1.54) is 0 Å². The highest BCUT2D eigenvalue weighted by Gasteiger charge is 2.34. The SMILES string of the molecule is CCC(=O)NC1CCN(C(=O)C2CCNC2C)CC1. The Bertz CT molecular complexity index is 338. The van der Waals surface area contributed by atoms with Gasteiger partial charge in [0.05, 0.1) is 5.92 Å². The second-order valence-electron chi connectivity index (χ2n) is 5.66. The fourth-order valence-electron chi connectivity index (χ4n) is 3.00. The van der Waals surface area contributed by atoms with Crippen LogP contribution < -0.4 is 10.6 Å². The van der Waals surface area contributed by atoms with Crippen molar-refractivity contribution in [3.63, 3.8) is 0 Å². The Labute approximate surface area is 115 Å². The van der Waals surface area contributed by atoms with Gasteiger partial charge in [-0.1, -0.05) is 6.92 Å². The molecule has 5 nitrogen and oxygen atoms in total. The van der Waals surface area contributed by atoms with Crippen molar-refractivity contribution in [1.82, 2.24) is 15.5 Å². The summed E-state index contributed by atoms with van der Waals surface area (Å²) in [5.41, 5.74) is 0. The summed E-state index contributed by atoms with van der Waals surface area (Å²) in [6.07, 6.45) is 3.24. The van der Waals surface area contributed by atoms with E-state index in [0.717, 1.165) is 38.9 Å². The van der Waals surface area contributed by atoms with Crippen molar-refractivity contribution in [3.8, 4) is 0 Å². The van der Waals surface area contributed by atoms with Gasteiger partial charge in [0.25, 0.3) is 0 Å². The molecule has 0 aromatic rings. The number of hydrogen-bond acceptors (Lipinski definition) is 3. The molecule has 0 aromatic heterocycles. The monoisotopic (exact) mass is 267 g/mol. The highest BCUT2D eigenvalue weighted by molar-refractivity contribution is 5.80. The van der Waals surface area contributed by atoms with Crippen molar-refractivity contribution in [2.75, 3.05) is 19.6 Å². The molecule has 19 heavy (non-hydrogen) atoms. The number of nitrogens with one attached hydrogen (secondary N) is 2. The summed E-state index contributed by atoms with van der Waals surface area (Å²) in [6, 6.07) is 0.542. The lowest BCUT2D eigenvalue weighted by Gasteiger charge is -2.34. The third kappa shape index (κ3) is 3.47. The molecular weight excluding hydrogens is 242 g/mol. The van der Waals surface area contributed by atoms with E-state index >= 15 is 0 Å². The number of nitrogens with zero attached hydrogens (tertiary/aromatic N) is 1. The van der Waals surface area contributed by atoms with Crippen LogP contribution in [-0.4, -0.2) is 48.4 Å². The van der Waals surface area contributed by atoms with Crippen molar-refractivity contribution < 1.29 is 9.59 Å². The maximum absolute atomic E-state index is 12.4. The van der Waals surface area contributed by atoms with Gasteiger partial charge in [-0.05, 0) is 32.7 Å². The van der Waals surface area contributed by atoms with Crippen molar-refractivity contribution in [2.24, 2.45) is 5.92 Å². The van der Waals surface area contributed by atoms with Crippen LogP contribution in [0.5, 0.6) is 0 Å². The fraction of sp³-hybridized carbons (Fsp3) is 0.857. The van der Waals surface area contributed by atoms with Crippen LogP contribution in [0.3, 0.4) is 0 Å². The van der Waals surface area contributed by atoms with E-state index in [4.69, 9.17) is 0 Å². The van der Waals surface area contributed by atoms with Crippen LogP contribution >= 0.6 is 0 Å². The molecule has 2 amide bonds. The zero-order valence-corrected chi connectivity index (χ0v) is 11.9. The maximum Gasteiger partial charge on any atom is 0.227 e. The maximum atomic E-state index is 12.4. The lowest BCUT2D eigenvalue weighted by atomic mass is 9.97. The quantitative estimate of drug-likeness (QED) is 0.783. The van der Waals surface area contributed by atoms with E-state index in [0.29, 0.717) is 12.5 Å². The zero-order valence-electron chi connectivity index (χ0n) is 11.9. The molecule has 0 aliphatic carbocycles. The molecule has 0 spiro atoms. The first-order chi connectivity index (χ1) is 9.11. The Balaban J connectivity index is 1.79. The summed E-state index contributed by atoms with van der Waals surface area (Å²) in [4.78, 5) is 25.7. The van der Waals surface area contributed by atoms with Crippen LogP contribution in [0.25, 0.3) is 0 Å². The summed E-state index contributed by atoms with van der Waals surface area (Å²) < 4.78 is 0. The van der Waals surface area contributed by atoms with Gasteiger partial charge in [0.15, 0.2) is 0 Å². The highest BCUT2D eigenvalue weighted by atomic mass is 16.2. The van der Waals surface area contributed by atoms with Crippen molar-refractivity contribution in [2.45, 2.75) is 51.6 Å². The molecule has 2 rings (SSSR count). The number of amides is 2. The lowest BCUT2D eigenvalue weighted by molar-refractivity contribution is -0.136. The number of piperidine rings is 1. The van der Waals surface area contributed by atoms with Crippen LogP contribution in [0.15, 0.2) is 0 Å². The first kappa shape index (κ1) is 14.3. The zero-order chi connectivity index (χ0) is 13.8. The van der Waals surface area contributed by atoms with Gasteiger partial charge in [-0.2, -0.15) is 0 Å². The summed E-state index contributed by atoms with van der Waals surface area (Å²) in [5, 5.41) is 6.34. The fourth-order valence-corrected chi connectivity index (χ4v) is 3.00. The summed E-state index contributed by atoms with van der Waals surface area (Å²) in [7, 11) is 0. The average Bonchev–Trinajstić information content (AvgIpc) is 2.85. The van der Waals surface area contributed by atoms with Gasteiger partial charge < -0.3 is 15.5 Å². The molecule has 2 aliphatic rings. The highest BCUT2D eigenvalue weighted by Crippen LogP contribution is 2.21. The van der Waals surface area contributed by atoms with Crippen molar-refractivity contribution in [1.29, 1.82) is 0 Å². The molecule has 2 fully saturated rings. The molecule has 2 unspecified atom stereocenters. The summed E-state index contributed by atoms with van der Waals surface area (Å²) >= 11 is 0. The Morgan fingerprint density at radius 1 is 1.26 bits per heavy atom. The minimum absolute atomic E-state index is 0.110. The standard InChI is InChI=1S/C14H25N3O2/c1-3-13(18)16-11-5-8-17(9-6-11)14(19)12-4-7-15-10(12)2/h10-12,15H,3-9H2,1-2H3,(H,16,18). The minimum Gasteiger partial charge on any atom is -0.353 e. The van der Waals surface area contributed by atoms with Gasteiger partial charge in [0.2, 0.25) is 11.8 Å². The van der Waals surface area contributed by atoms with E-state index in [2.05, 4.69) is 17.6 Å². The largest absolute Gasteiger partial charge is 0.353 e. The molecule has 0 radical (unpaired) electrons. The van der Waals surface area contributed by atoms with Gasteiger partial charge >= 0.3 is 0 Å². The second-order valence-corrected chi connectivity index (χ2v) is 5.66. The predicted octanol–water partition coefficient (Wildman–Crippen LogP) is 0.502. The van der Waals surface area contributed by atoms with E-state index in [1.54, 1.807) is 0 Å². The van der Waals surface area contributed by atoms with Gasteiger partial charge in [0, 0.05) is 31.6 Å². The van der Waals surface area contributed by atoms with E-state index in [9.17, 15) is 9.59 Å². The Hall–Kier alpha value is -1.10. The van der Waals surface area contributed by atoms with Crippen LogP contribution in [0, 0.1) is 5.92 Å². The van der Waals surface area contributed by atoms with Crippen LogP contribution in [0.4, 0.5) is 0 Å². The molecule has 0 aromatic carbocycles. The van der Waals surface area contributed by atoms with Crippen LogP contribution in [-0.2, 0) is 9.59 Å². The molecule has 108 valence electrons. The van der Waals surface area contributed by atoms with E-state index in [-0.39, 0.29) is 23.8 Å². The molecule has 2 N–H and O–H groups in total. The third-order valence-electron chi connectivity index (χ3n) is 4.34. The topological polar surface area (TPSA) is 61.4 Å². The lowest BCUT2D eigenvalue weighted by Crippen LogP contribution is -2.49. The molecule has 0 saturated carbocycles. The Morgan fingerprint density at radius 2 is 1.95 bits per heavy atom. The van der Waals surface area contributed by atoms with Crippen LogP contribution in [0.2, 0.25) is 0 Å². The molecule has 2 heterocycles. The molecule has 2 saturated heterocycles. The van der Waals surface area contributed by atoms with Crippen molar-refractivity contribution >= 4 is 11.8 Å². The van der Waals surface area contributed by atoms with Gasteiger partial charge in [-0.25, -0.2) is 0 Å².